The average Bonchev–Trinajstić information content (AvgIpc) is 2.54. The molecule has 1 aromatic carbocycles. The second kappa shape index (κ2) is 10.8. The molecule has 0 bridgehead atoms. The Morgan fingerprint density at radius 2 is 1.77 bits per heavy atom. The van der Waals surface area contributed by atoms with Crippen LogP contribution in [0.2, 0.25) is 0 Å². The van der Waals surface area contributed by atoms with Crippen LogP contribution in [0, 0.1) is 0 Å². The van der Waals surface area contributed by atoms with E-state index in [1.54, 1.807) is 6.92 Å². The molecule has 0 aliphatic heterocycles. The second-order valence-electron chi connectivity index (χ2n) is 7.10. The molecule has 0 aliphatic rings. The Balaban J connectivity index is 2.32. The standard InChI is InChI=1S/C20H31NO5/c1-5-24-18(22)8-6-7-13-25-16-11-9-15(10-12-16)14-17(21)19(23)26-20(2,3)4/h9-12,17H,5-8,13-14,21H2,1-4H3/t17-/m0/s1. The van der Waals surface area contributed by atoms with Crippen LogP contribution in [-0.4, -0.2) is 36.8 Å². The Morgan fingerprint density at radius 1 is 1.12 bits per heavy atom. The van der Waals surface area contributed by atoms with Gasteiger partial charge in [-0.15, -0.1) is 0 Å². The Kier molecular flexibility index (Phi) is 9.13. The van der Waals surface area contributed by atoms with Gasteiger partial charge in [0.25, 0.3) is 0 Å². The van der Waals surface area contributed by atoms with Crippen LogP contribution in [0.5, 0.6) is 5.75 Å². The molecule has 0 unspecified atom stereocenters. The van der Waals surface area contributed by atoms with Gasteiger partial charge in [0, 0.05) is 6.42 Å². The molecule has 6 heteroatoms. The molecule has 6 nitrogen and oxygen atoms in total. The lowest BCUT2D eigenvalue weighted by molar-refractivity contribution is -0.156. The van der Waals surface area contributed by atoms with Gasteiger partial charge in [-0.3, -0.25) is 9.59 Å². The van der Waals surface area contributed by atoms with Crippen molar-refractivity contribution in [3.8, 4) is 5.75 Å². The fraction of sp³-hybridized carbons (Fsp3) is 0.600. The highest BCUT2D eigenvalue weighted by Crippen LogP contribution is 2.15. The molecule has 0 fully saturated rings. The van der Waals surface area contributed by atoms with Gasteiger partial charge >= 0.3 is 11.9 Å². The van der Waals surface area contributed by atoms with E-state index in [0.717, 1.165) is 24.2 Å². The third-order valence-electron chi connectivity index (χ3n) is 3.44. The average molecular weight is 365 g/mol. The van der Waals surface area contributed by atoms with Crippen LogP contribution in [0.4, 0.5) is 0 Å². The van der Waals surface area contributed by atoms with Gasteiger partial charge in [0.2, 0.25) is 0 Å². The number of unbranched alkanes of at least 4 members (excludes halogenated alkanes) is 1. The number of hydrogen-bond donors (Lipinski definition) is 1. The quantitative estimate of drug-likeness (QED) is 0.506. The first-order valence-electron chi connectivity index (χ1n) is 9.07. The lowest BCUT2D eigenvalue weighted by Crippen LogP contribution is -2.38. The summed E-state index contributed by atoms with van der Waals surface area (Å²) in [5, 5.41) is 0. The van der Waals surface area contributed by atoms with Gasteiger partial charge in [0.1, 0.15) is 17.4 Å². The van der Waals surface area contributed by atoms with Crippen LogP contribution in [0.3, 0.4) is 0 Å². The van der Waals surface area contributed by atoms with E-state index in [2.05, 4.69) is 0 Å². The van der Waals surface area contributed by atoms with Crippen molar-refractivity contribution in [2.75, 3.05) is 13.2 Å². The third kappa shape index (κ3) is 9.42. The topological polar surface area (TPSA) is 87.9 Å². The normalized spacial score (nSPS) is 12.3. The van der Waals surface area contributed by atoms with Crippen LogP contribution in [-0.2, 0) is 25.5 Å². The first kappa shape index (κ1) is 22.0. The SMILES string of the molecule is CCOC(=O)CCCCOc1ccc(C[C@H](N)C(=O)OC(C)(C)C)cc1. The molecular formula is C20H31NO5. The number of carbonyl (C=O) groups excluding carboxylic acids is 2. The molecule has 2 N–H and O–H groups in total. The number of benzene rings is 1. The Morgan fingerprint density at radius 3 is 2.35 bits per heavy atom. The van der Waals surface area contributed by atoms with Crippen LogP contribution in [0.25, 0.3) is 0 Å². The number of rotatable bonds is 10. The molecule has 1 aromatic rings. The maximum absolute atomic E-state index is 11.9. The monoisotopic (exact) mass is 365 g/mol. The van der Waals surface area contributed by atoms with Gasteiger partial charge in [-0.2, -0.15) is 0 Å². The van der Waals surface area contributed by atoms with E-state index in [1.807, 2.05) is 45.0 Å². The highest BCUT2D eigenvalue weighted by molar-refractivity contribution is 5.76. The first-order valence-corrected chi connectivity index (χ1v) is 9.07. The fourth-order valence-corrected chi connectivity index (χ4v) is 2.23. The zero-order chi connectivity index (χ0) is 19.6. The predicted octanol–water partition coefficient (Wildman–Crippen LogP) is 3.01. The largest absolute Gasteiger partial charge is 0.494 e. The smallest absolute Gasteiger partial charge is 0.323 e. The van der Waals surface area contributed by atoms with E-state index in [1.165, 1.54) is 0 Å². The number of hydrogen-bond acceptors (Lipinski definition) is 6. The summed E-state index contributed by atoms with van der Waals surface area (Å²) in [5.41, 5.74) is 6.31. The Hall–Kier alpha value is -2.08. The number of esters is 2. The lowest BCUT2D eigenvalue weighted by Gasteiger charge is -2.22. The van der Waals surface area contributed by atoms with Crippen molar-refractivity contribution in [2.45, 2.75) is 65.0 Å². The van der Waals surface area contributed by atoms with Gasteiger partial charge in [0.05, 0.1) is 13.2 Å². The van der Waals surface area contributed by atoms with E-state index in [4.69, 9.17) is 19.9 Å². The molecule has 0 aliphatic carbocycles. The third-order valence-corrected chi connectivity index (χ3v) is 3.44. The minimum absolute atomic E-state index is 0.168. The summed E-state index contributed by atoms with van der Waals surface area (Å²) in [6.45, 7) is 8.20. The molecule has 0 aromatic heterocycles. The summed E-state index contributed by atoms with van der Waals surface area (Å²) < 4.78 is 15.8. The van der Waals surface area contributed by atoms with Gasteiger partial charge in [0.15, 0.2) is 0 Å². The second-order valence-corrected chi connectivity index (χ2v) is 7.10. The van der Waals surface area contributed by atoms with Crippen molar-refractivity contribution in [3.63, 3.8) is 0 Å². The van der Waals surface area contributed by atoms with Crippen molar-refractivity contribution in [1.29, 1.82) is 0 Å². The summed E-state index contributed by atoms with van der Waals surface area (Å²) in [6, 6.07) is 6.78. The molecule has 0 saturated heterocycles. The first-order chi connectivity index (χ1) is 12.2. The maximum atomic E-state index is 11.9. The van der Waals surface area contributed by atoms with Crippen molar-refractivity contribution >= 4 is 11.9 Å². The van der Waals surface area contributed by atoms with Crippen LogP contribution >= 0.6 is 0 Å². The minimum Gasteiger partial charge on any atom is -0.494 e. The lowest BCUT2D eigenvalue weighted by atomic mass is 10.1. The van der Waals surface area contributed by atoms with Crippen LogP contribution in [0.1, 0.15) is 52.5 Å². The summed E-state index contributed by atoms with van der Waals surface area (Å²) in [7, 11) is 0. The molecule has 146 valence electrons. The number of nitrogens with two attached hydrogens (primary N) is 1. The molecular weight excluding hydrogens is 334 g/mol. The molecule has 1 atom stereocenters. The van der Waals surface area contributed by atoms with Crippen LogP contribution in [0.15, 0.2) is 24.3 Å². The Labute approximate surface area is 156 Å². The van der Waals surface area contributed by atoms with Gasteiger partial charge < -0.3 is 19.9 Å². The fourth-order valence-electron chi connectivity index (χ4n) is 2.23. The van der Waals surface area contributed by atoms with Crippen molar-refractivity contribution < 1.29 is 23.8 Å². The van der Waals surface area contributed by atoms with Crippen molar-refractivity contribution in [3.05, 3.63) is 29.8 Å². The minimum atomic E-state index is -0.691. The van der Waals surface area contributed by atoms with Gasteiger partial charge in [-0.05, 0) is 64.7 Å². The molecule has 0 spiro atoms. The number of carbonyl (C=O) groups is 2. The van der Waals surface area contributed by atoms with Gasteiger partial charge in [-0.25, -0.2) is 0 Å². The van der Waals surface area contributed by atoms with E-state index in [-0.39, 0.29) is 5.97 Å². The van der Waals surface area contributed by atoms with E-state index >= 15 is 0 Å². The Bertz CT molecular complexity index is 563. The van der Waals surface area contributed by atoms with Crippen molar-refractivity contribution in [1.82, 2.24) is 0 Å². The molecule has 0 radical (unpaired) electrons. The summed E-state index contributed by atoms with van der Waals surface area (Å²) in [5.74, 6) is 0.174. The maximum Gasteiger partial charge on any atom is 0.323 e. The van der Waals surface area contributed by atoms with E-state index in [9.17, 15) is 9.59 Å². The highest BCUT2D eigenvalue weighted by atomic mass is 16.6. The van der Waals surface area contributed by atoms with E-state index in [0.29, 0.717) is 26.1 Å². The molecule has 26 heavy (non-hydrogen) atoms. The number of ether oxygens (including phenoxy) is 3. The molecule has 0 heterocycles. The van der Waals surface area contributed by atoms with Crippen molar-refractivity contribution in [2.24, 2.45) is 5.73 Å². The summed E-state index contributed by atoms with van der Waals surface area (Å²) >= 11 is 0. The van der Waals surface area contributed by atoms with Gasteiger partial charge in [-0.1, -0.05) is 12.1 Å². The molecule has 0 amide bonds. The molecule has 0 saturated carbocycles. The van der Waals surface area contributed by atoms with Crippen LogP contribution < -0.4 is 10.5 Å². The highest BCUT2D eigenvalue weighted by Gasteiger charge is 2.22. The molecule has 1 rings (SSSR count). The summed E-state index contributed by atoms with van der Waals surface area (Å²) in [4.78, 5) is 23.1. The zero-order valence-electron chi connectivity index (χ0n) is 16.2. The summed E-state index contributed by atoms with van der Waals surface area (Å²) in [6.07, 6.45) is 2.35. The zero-order valence-corrected chi connectivity index (χ0v) is 16.2. The van der Waals surface area contributed by atoms with E-state index < -0.39 is 17.6 Å². The predicted molar refractivity (Wildman–Crippen MR) is 99.9 cm³/mol.